The average molecular weight is 215 g/mol. The first-order valence-corrected chi connectivity index (χ1v) is 3.85. The smallest absolute Gasteiger partial charge is 0.309 e. The Hall–Kier alpha value is -0.710. The van der Waals surface area contributed by atoms with E-state index in [4.69, 9.17) is 11.6 Å². The third kappa shape index (κ3) is 3.26. The van der Waals surface area contributed by atoms with Gasteiger partial charge in [0.1, 0.15) is 5.92 Å². The number of rotatable bonds is 4. The van der Waals surface area contributed by atoms with E-state index < -0.39 is 29.5 Å². The quantitative estimate of drug-likeness (QED) is 0.525. The molecule has 0 N–H and O–H groups in total. The maximum absolute atomic E-state index is 12.2. The molecule has 3 nitrogen and oxygen atoms in total. The molecule has 0 saturated heterocycles. The van der Waals surface area contributed by atoms with Crippen LogP contribution in [0.5, 0.6) is 0 Å². The van der Waals surface area contributed by atoms with Gasteiger partial charge in [-0.25, -0.2) is 8.78 Å². The van der Waals surface area contributed by atoms with E-state index in [1.807, 2.05) is 0 Å². The number of carbonyl (C=O) groups excluding carboxylic acids is 2. The third-order valence-corrected chi connectivity index (χ3v) is 1.90. The van der Waals surface area contributed by atoms with E-state index in [1.54, 1.807) is 0 Å². The molecule has 0 aromatic carbocycles. The van der Waals surface area contributed by atoms with E-state index in [2.05, 4.69) is 4.74 Å². The Balaban J connectivity index is 4.55. The van der Waals surface area contributed by atoms with Crippen molar-refractivity contribution < 1.29 is 23.1 Å². The molecule has 0 aromatic heterocycles. The summed E-state index contributed by atoms with van der Waals surface area (Å²) in [4.78, 5) is 21.3. The van der Waals surface area contributed by atoms with Gasteiger partial charge in [-0.3, -0.25) is 9.59 Å². The predicted octanol–water partition coefficient (Wildman–Crippen LogP) is 1.44. The molecule has 0 saturated carbocycles. The zero-order valence-corrected chi connectivity index (χ0v) is 7.85. The van der Waals surface area contributed by atoms with E-state index in [-0.39, 0.29) is 0 Å². The summed E-state index contributed by atoms with van der Waals surface area (Å²) in [5.41, 5.74) is 0. The van der Waals surface area contributed by atoms with Crippen LogP contribution in [0.2, 0.25) is 0 Å². The number of alkyl halides is 2. The third-order valence-electron chi connectivity index (χ3n) is 1.65. The summed E-state index contributed by atoms with van der Waals surface area (Å²) in [5.74, 6) is -3.90. The minimum atomic E-state index is -2.96. The Morgan fingerprint density at radius 3 is 2.08 bits per heavy atom. The van der Waals surface area contributed by atoms with E-state index in [0.717, 1.165) is 7.11 Å². The van der Waals surface area contributed by atoms with E-state index in [0.29, 0.717) is 0 Å². The highest BCUT2D eigenvalue weighted by molar-refractivity contribution is 6.64. The van der Waals surface area contributed by atoms with Crippen molar-refractivity contribution in [1.29, 1.82) is 0 Å². The number of ether oxygens (including phenoxy) is 1. The fourth-order valence-electron chi connectivity index (χ4n) is 0.846. The molecule has 0 aliphatic carbocycles. The van der Waals surface area contributed by atoms with Crippen LogP contribution in [-0.4, -0.2) is 24.7 Å². The van der Waals surface area contributed by atoms with E-state index in [1.165, 1.54) is 6.92 Å². The number of halogens is 3. The summed E-state index contributed by atoms with van der Waals surface area (Å²) >= 11 is 4.91. The zero-order chi connectivity index (χ0) is 10.6. The minimum Gasteiger partial charge on any atom is -0.469 e. The largest absolute Gasteiger partial charge is 0.469 e. The second kappa shape index (κ2) is 5.11. The number of carbonyl (C=O) groups is 2. The lowest BCUT2D eigenvalue weighted by Crippen LogP contribution is -2.31. The first-order valence-electron chi connectivity index (χ1n) is 3.47. The summed E-state index contributed by atoms with van der Waals surface area (Å²) < 4.78 is 28.6. The van der Waals surface area contributed by atoms with Crippen molar-refractivity contribution in [2.24, 2.45) is 11.8 Å². The van der Waals surface area contributed by atoms with Crippen LogP contribution in [0.25, 0.3) is 0 Å². The van der Waals surface area contributed by atoms with E-state index in [9.17, 15) is 18.4 Å². The lowest BCUT2D eigenvalue weighted by molar-refractivity contribution is -0.151. The molecule has 0 bridgehead atoms. The summed E-state index contributed by atoms with van der Waals surface area (Å²) in [6.07, 6.45) is -2.96. The Labute approximate surface area is 79.0 Å². The van der Waals surface area contributed by atoms with Crippen molar-refractivity contribution in [2.75, 3.05) is 7.11 Å². The Morgan fingerprint density at radius 1 is 1.38 bits per heavy atom. The Morgan fingerprint density at radius 2 is 1.85 bits per heavy atom. The standard InChI is InChI=1S/C7H9ClF2O3/c1-3(7(12)13-2)4(5(8)11)6(9)10/h3-4,6H,1-2H3. The number of esters is 1. The number of methoxy groups -OCH3 is 1. The SMILES string of the molecule is COC(=O)C(C)C(C(=O)Cl)C(F)F. The van der Waals surface area contributed by atoms with Gasteiger partial charge in [0.15, 0.2) is 0 Å². The van der Waals surface area contributed by atoms with Crippen molar-refractivity contribution in [3.8, 4) is 0 Å². The van der Waals surface area contributed by atoms with Crippen LogP contribution < -0.4 is 0 Å². The average Bonchev–Trinajstić information content (AvgIpc) is 2.01. The molecule has 0 radical (unpaired) electrons. The highest BCUT2D eigenvalue weighted by atomic mass is 35.5. The first kappa shape index (κ1) is 12.3. The van der Waals surface area contributed by atoms with Gasteiger partial charge in [0.2, 0.25) is 11.7 Å². The fourth-order valence-corrected chi connectivity index (χ4v) is 1.13. The zero-order valence-electron chi connectivity index (χ0n) is 7.09. The van der Waals surface area contributed by atoms with Crippen LogP contribution >= 0.6 is 11.6 Å². The molecule has 0 aliphatic heterocycles. The van der Waals surface area contributed by atoms with Crippen molar-refractivity contribution >= 4 is 22.8 Å². The predicted molar refractivity (Wildman–Crippen MR) is 41.5 cm³/mol. The van der Waals surface area contributed by atoms with Crippen molar-refractivity contribution in [1.82, 2.24) is 0 Å². The molecular weight excluding hydrogens is 206 g/mol. The van der Waals surface area contributed by atoms with Crippen molar-refractivity contribution in [3.05, 3.63) is 0 Å². The summed E-state index contributed by atoms with van der Waals surface area (Å²) in [5, 5.41) is -1.23. The van der Waals surface area contributed by atoms with Crippen molar-refractivity contribution in [2.45, 2.75) is 13.3 Å². The number of hydrogen-bond acceptors (Lipinski definition) is 3. The maximum Gasteiger partial charge on any atom is 0.309 e. The fraction of sp³-hybridized carbons (Fsp3) is 0.714. The van der Waals surface area contributed by atoms with Gasteiger partial charge in [-0.1, -0.05) is 6.92 Å². The van der Waals surface area contributed by atoms with Gasteiger partial charge in [-0.05, 0) is 11.6 Å². The molecule has 2 unspecified atom stereocenters. The van der Waals surface area contributed by atoms with Crippen LogP contribution in [0.4, 0.5) is 8.78 Å². The molecule has 76 valence electrons. The topological polar surface area (TPSA) is 43.4 Å². The van der Waals surface area contributed by atoms with Gasteiger partial charge in [0.05, 0.1) is 13.0 Å². The normalized spacial score (nSPS) is 15.2. The summed E-state index contributed by atoms with van der Waals surface area (Å²) in [6.45, 7) is 1.17. The minimum absolute atomic E-state index is 0.876. The number of hydrogen-bond donors (Lipinski definition) is 0. The highest BCUT2D eigenvalue weighted by Gasteiger charge is 2.37. The van der Waals surface area contributed by atoms with Gasteiger partial charge in [0, 0.05) is 0 Å². The van der Waals surface area contributed by atoms with Crippen LogP contribution in [0.15, 0.2) is 0 Å². The van der Waals surface area contributed by atoms with Crippen LogP contribution in [0.1, 0.15) is 6.92 Å². The van der Waals surface area contributed by atoms with E-state index >= 15 is 0 Å². The lowest BCUT2D eigenvalue weighted by atomic mass is 9.96. The second-order valence-corrected chi connectivity index (χ2v) is 2.85. The first-order chi connectivity index (χ1) is 5.91. The molecule has 0 fully saturated rings. The van der Waals surface area contributed by atoms with Crippen molar-refractivity contribution in [3.63, 3.8) is 0 Å². The molecule has 0 aromatic rings. The molecule has 0 aliphatic rings. The molecule has 13 heavy (non-hydrogen) atoms. The molecular formula is C7H9ClF2O3. The Kier molecular flexibility index (Phi) is 4.83. The van der Waals surface area contributed by atoms with Crippen LogP contribution in [-0.2, 0) is 14.3 Å². The molecule has 0 heterocycles. The van der Waals surface area contributed by atoms with Gasteiger partial charge >= 0.3 is 5.97 Å². The molecule has 0 rings (SSSR count). The summed E-state index contributed by atoms with van der Waals surface area (Å²) in [6, 6.07) is 0. The second-order valence-electron chi connectivity index (χ2n) is 2.48. The lowest BCUT2D eigenvalue weighted by Gasteiger charge is -2.16. The molecule has 6 heteroatoms. The summed E-state index contributed by atoms with van der Waals surface area (Å²) in [7, 11) is 1.06. The van der Waals surface area contributed by atoms with Crippen LogP contribution in [0, 0.1) is 11.8 Å². The van der Waals surface area contributed by atoms with Gasteiger partial charge in [0.25, 0.3) is 0 Å². The highest BCUT2D eigenvalue weighted by Crippen LogP contribution is 2.23. The van der Waals surface area contributed by atoms with Gasteiger partial charge in [-0.15, -0.1) is 0 Å². The molecule has 0 amide bonds. The van der Waals surface area contributed by atoms with Gasteiger partial charge < -0.3 is 4.74 Å². The van der Waals surface area contributed by atoms with Gasteiger partial charge in [-0.2, -0.15) is 0 Å². The maximum atomic E-state index is 12.2. The molecule has 2 atom stereocenters. The monoisotopic (exact) mass is 214 g/mol. The van der Waals surface area contributed by atoms with Crippen LogP contribution in [0.3, 0.4) is 0 Å². The molecule has 0 spiro atoms. The Bertz CT molecular complexity index is 208.